The molecule has 1 heterocycles. The molecule has 1 unspecified atom stereocenters. The number of carbonyl (C=O) groups is 1. The van der Waals surface area contributed by atoms with E-state index >= 15 is 0 Å². The molecule has 1 aliphatic rings. The van der Waals surface area contributed by atoms with Crippen LogP contribution in [0.2, 0.25) is 5.71 Å². The van der Waals surface area contributed by atoms with Gasteiger partial charge in [-0.05, 0) is 6.42 Å². The van der Waals surface area contributed by atoms with Crippen LogP contribution in [0, 0.1) is 0 Å². The van der Waals surface area contributed by atoms with Crippen molar-refractivity contribution < 1.29 is 4.79 Å². The number of nitrogens with one attached hydrogen (secondary N) is 1. The molecule has 0 aliphatic carbocycles. The minimum atomic E-state index is 0.204. The van der Waals surface area contributed by atoms with Crippen LogP contribution in [0.5, 0.6) is 0 Å². The Morgan fingerprint density at radius 1 is 1.62 bits per heavy atom. The van der Waals surface area contributed by atoms with E-state index in [1.807, 2.05) is 0 Å². The number of carbonyl (C=O) groups excluding carboxylic acids is 1. The van der Waals surface area contributed by atoms with Gasteiger partial charge in [-0.2, -0.15) is 0 Å². The first-order chi connectivity index (χ1) is 3.89. The van der Waals surface area contributed by atoms with Crippen LogP contribution >= 0.6 is 0 Å². The maximum Gasteiger partial charge on any atom is 0.220 e. The Bertz CT molecular complexity index is 66.8. The molecule has 0 aromatic rings. The zero-order valence-corrected chi connectivity index (χ0v) is 7.53. The second kappa shape index (κ2) is 5.17. The third-order valence-electron chi connectivity index (χ3n) is 0.903. The number of hydrogen-bond acceptors (Lipinski definition) is 1. The third kappa shape index (κ3) is 3.09. The third-order valence-corrected chi connectivity index (χ3v) is 0.903. The fourth-order valence-corrected chi connectivity index (χ4v) is 0.565. The molecular weight excluding hydrogens is 165 g/mol. The molecule has 1 fully saturated rings. The van der Waals surface area contributed by atoms with Gasteiger partial charge < -0.3 is 5.32 Å². The Labute approximate surface area is 58.5 Å². The maximum absolute atomic E-state index is 10.1. The molecule has 0 aromatic heterocycles. The van der Waals surface area contributed by atoms with Crippen LogP contribution in [-0.2, 0) is 4.79 Å². The van der Waals surface area contributed by atoms with E-state index in [1.165, 1.54) is 0 Å². The monoisotopic (exact) mass is 177 g/mol. The molecule has 1 rings (SSSR count). The van der Waals surface area contributed by atoms with E-state index in [1.54, 1.807) is 16.9 Å². The van der Waals surface area contributed by atoms with Gasteiger partial charge in [-0.1, -0.05) is 0 Å². The number of hydrogen-bond donors (Lipinski definition) is 1. The molecule has 0 saturated carbocycles. The van der Waals surface area contributed by atoms with E-state index in [4.69, 9.17) is 0 Å². The number of rotatable bonds is 0. The Kier molecular flexibility index (Phi) is 5.19. The summed E-state index contributed by atoms with van der Waals surface area (Å²) < 4.78 is 0. The van der Waals surface area contributed by atoms with Crippen LogP contribution in [0.15, 0.2) is 0 Å². The van der Waals surface area contributed by atoms with Crippen LogP contribution < -0.4 is 5.32 Å². The zero-order chi connectivity index (χ0) is 6.41. The van der Waals surface area contributed by atoms with Crippen LogP contribution in [0.25, 0.3) is 0 Å². The van der Waals surface area contributed by atoms with Gasteiger partial charge >= 0.3 is 22.6 Å². The fraction of sp³-hybridized carbons (Fsp3) is 0.800. The quantitative estimate of drug-likeness (QED) is 0.499. The van der Waals surface area contributed by atoms with Crippen LogP contribution in [-0.4, -0.2) is 29.3 Å². The molecule has 1 N–H and O–H groups in total. The summed E-state index contributed by atoms with van der Waals surface area (Å²) in [6.45, 7) is 0.888. The summed E-state index contributed by atoms with van der Waals surface area (Å²) in [5, 5.41) is 2.68. The summed E-state index contributed by atoms with van der Waals surface area (Å²) in [6, 6.07) is 0. The van der Waals surface area contributed by atoms with Gasteiger partial charge in [-0.25, -0.2) is 0 Å². The van der Waals surface area contributed by atoms with Crippen molar-refractivity contribution in [3.8, 4) is 0 Å². The minimum absolute atomic E-state index is 0.204. The van der Waals surface area contributed by atoms with Crippen molar-refractivity contribution in [2.75, 3.05) is 6.54 Å². The number of amides is 1. The second-order valence-electron chi connectivity index (χ2n) is 1.45. The van der Waals surface area contributed by atoms with Crippen LogP contribution in [0.4, 0.5) is 0 Å². The Morgan fingerprint density at radius 3 is 2.38 bits per heavy atom. The standard InChI is InChI=1S/C4H7NO.CH5As/c6-4-2-1-3-5-4;1-2/h1-3H2,(H,5,6);2H2,1H3. The Balaban J connectivity index is 0.000000222. The van der Waals surface area contributed by atoms with Crippen molar-refractivity contribution in [1.29, 1.82) is 0 Å². The SMILES string of the molecule is C[AsH2].O=C1CCCN1. The molecule has 0 aromatic carbocycles. The van der Waals surface area contributed by atoms with Crippen LogP contribution in [0.1, 0.15) is 12.8 Å². The summed E-state index contributed by atoms with van der Waals surface area (Å²) in [5.41, 5.74) is 2.06. The molecule has 0 radical (unpaired) electrons. The second-order valence-corrected chi connectivity index (χ2v) is 1.45. The summed E-state index contributed by atoms with van der Waals surface area (Å²) in [4.78, 5) is 10.1. The summed E-state index contributed by atoms with van der Waals surface area (Å²) in [7, 11) is 0. The Hall–Kier alpha value is 0.0284. The topological polar surface area (TPSA) is 29.1 Å². The molecular formula is C5H12AsNO. The first-order valence-corrected chi connectivity index (χ1v) is 5.16. The van der Waals surface area contributed by atoms with E-state index in [0.29, 0.717) is 0 Å². The van der Waals surface area contributed by atoms with E-state index < -0.39 is 0 Å². The average Bonchev–Trinajstić information content (AvgIpc) is 2.24. The zero-order valence-electron chi connectivity index (χ0n) is 5.11. The first-order valence-electron chi connectivity index (χ1n) is 2.74. The van der Waals surface area contributed by atoms with Crippen molar-refractivity contribution in [3.05, 3.63) is 0 Å². The fourth-order valence-electron chi connectivity index (χ4n) is 0.565. The van der Waals surface area contributed by atoms with Crippen molar-refractivity contribution >= 4 is 22.8 Å². The average molecular weight is 177 g/mol. The first kappa shape index (κ1) is 8.03. The van der Waals surface area contributed by atoms with Crippen molar-refractivity contribution in [2.45, 2.75) is 18.6 Å². The molecule has 0 spiro atoms. The van der Waals surface area contributed by atoms with E-state index in [0.717, 1.165) is 19.4 Å². The van der Waals surface area contributed by atoms with Gasteiger partial charge in [0.15, 0.2) is 0 Å². The maximum atomic E-state index is 10.1. The molecule has 1 amide bonds. The van der Waals surface area contributed by atoms with Gasteiger partial charge in [0.2, 0.25) is 5.91 Å². The molecule has 3 heteroatoms. The molecule has 8 heavy (non-hydrogen) atoms. The van der Waals surface area contributed by atoms with Gasteiger partial charge in [0, 0.05) is 13.0 Å². The molecule has 0 bridgehead atoms. The predicted octanol–water partition coefficient (Wildman–Crippen LogP) is -0.436. The van der Waals surface area contributed by atoms with E-state index in [-0.39, 0.29) is 5.91 Å². The van der Waals surface area contributed by atoms with Gasteiger partial charge in [0.1, 0.15) is 0 Å². The molecule has 1 atom stereocenters. The van der Waals surface area contributed by atoms with Gasteiger partial charge in [-0.3, -0.25) is 4.79 Å². The van der Waals surface area contributed by atoms with Crippen LogP contribution in [0.3, 0.4) is 0 Å². The summed E-state index contributed by atoms with van der Waals surface area (Å²) in [6.07, 6.45) is 1.76. The van der Waals surface area contributed by atoms with Crippen molar-refractivity contribution in [1.82, 2.24) is 5.32 Å². The Morgan fingerprint density at radius 2 is 2.25 bits per heavy atom. The van der Waals surface area contributed by atoms with Crippen molar-refractivity contribution in [3.63, 3.8) is 0 Å². The van der Waals surface area contributed by atoms with Gasteiger partial charge in [0.05, 0.1) is 0 Å². The van der Waals surface area contributed by atoms with Crippen molar-refractivity contribution in [2.24, 2.45) is 0 Å². The normalized spacial score (nSPS) is 16.5. The van der Waals surface area contributed by atoms with E-state index in [9.17, 15) is 4.79 Å². The molecule has 1 aliphatic heterocycles. The smallest absolute Gasteiger partial charge is 0.220 e. The summed E-state index contributed by atoms with van der Waals surface area (Å²) in [5.74, 6) is 0.204. The van der Waals surface area contributed by atoms with E-state index in [2.05, 4.69) is 11.0 Å². The minimum Gasteiger partial charge on any atom is -0.356 e. The summed E-state index contributed by atoms with van der Waals surface area (Å²) >= 11 is 1.69. The molecule has 48 valence electrons. The molecule has 1 saturated heterocycles. The largest absolute Gasteiger partial charge is 0.356 e. The predicted molar refractivity (Wildman–Crippen MR) is 36.7 cm³/mol. The van der Waals surface area contributed by atoms with Gasteiger partial charge in [0.25, 0.3) is 0 Å². The molecule has 2 nitrogen and oxygen atoms in total. The van der Waals surface area contributed by atoms with Gasteiger partial charge in [-0.15, -0.1) is 0 Å².